The Kier molecular flexibility index (Phi) is 4.28. The van der Waals surface area contributed by atoms with Gasteiger partial charge in [0.05, 0.1) is 6.21 Å². The van der Waals surface area contributed by atoms with Crippen LogP contribution in [0, 0.1) is 0 Å². The largest absolute Gasteiger partial charge is 0.358 e. The van der Waals surface area contributed by atoms with Crippen LogP contribution in [-0.4, -0.2) is 17.1 Å². The first-order chi connectivity index (χ1) is 12.2. The first-order valence-corrected chi connectivity index (χ1v) is 8.81. The molecule has 0 saturated carbocycles. The monoisotopic (exact) mass is 351 g/mol. The highest BCUT2D eigenvalue weighted by molar-refractivity contribution is 6.30. The summed E-state index contributed by atoms with van der Waals surface area (Å²) in [5.41, 5.74) is 7.87. The minimum atomic E-state index is -0.210. The van der Waals surface area contributed by atoms with Gasteiger partial charge in [-0.15, -0.1) is 0 Å². The third kappa shape index (κ3) is 3.30. The summed E-state index contributed by atoms with van der Waals surface area (Å²) >= 11 is 5.85. The van der Waals surface area contributed by atoms with Gasteiger partial charge in [0.2, 0.25) is 0 Å². The number of halogens is 1. The van der Waals surface area contributed by atoms with Gasteiger partial charge < -0.3 is 4.98 Å². The zero-order chi connectivity index (χ0) is 17.2. The van der Waals surface area contributed by atoms with Crippen molar-refractivity contribution in [3.05, 3.63) is 69.9 Å². The lowest BCUT2D eigenvalue weighted by atomic mass is 9.95. The number of nitrogens with one attached hydrogen (secondary N) is 2. The number of aromatic amines is 1. The minimum Gasteiger partial charge on any atom is -0.358 e. The standard InChI is InChI=1S/C20H18ClN3O/c21-15-8-5-13(6-9-15)12-22-24-20(25)14-7-10-19-17(11-14)16-3-1-2-4-18(16)23-19/h5-12,23H,1-4H2,(H,24,25)/b22-12-. The third-order valence-corrected chi connectivity index (χ3v) is 4.86. The molecule has 1 heterocycles. The summed E-state index contributed by atoms with van der Waals surface area (Å²) in [6.45, 7) is 0. The summed E-state index contributed by atoms with van der Waals surface area (Å²) in [5.74, 6) is -0.210. The van der Waals surface area contributed by atoms with Crippen LogP contribution in [-0.2, 0) is 12.8 Å². The molecule has 2 aromatic carbocycles. The van der Waals surface area contributed by atoms with Crippen molar-refractivity contribution < 1.29 is 4.79 Å². The van der Waals surface area contributed by atoms with Gasteiger partial charge >= 0.3 is 0 Å². The number of rotatable bonds is 3. The van der Waals surface area contributed by atoms with E-state index in [-0.39, 0.29) is 5.91 Å². The number of H-pyrrole nitrogens is 1. The maximum Gasteiger partial charge on any atom is 0.271 e. The van der Waals surface area contributed by atoms with E-state index in [0.717, 1.165) is 29.3 Å². The van der Waals surface area contributed by atoms with Crippen molar-refractivity contribution in [2.24, 2.45) is 5.10 Å². The normalized spacial score (nSPS) is 14.0. The maximum absolute atomic E-state index is 12.4. The van der Waals surface area contributed by atoms with Crippen molar-refractivity contribution in [3.8, 4) is 0 Å². The molecule has 4 nitrogen and oxygen atoms in total. The Morgan fingerprint density at radius 1 is 1.12 bits per heavy atom. The predicted octanol–water partition coefficient (Wildman–Crippen LogP) is 4.46. The van der Waals surface area contributed by atoms with Crippen molar-refractivity contribution in [2.75, 3.05) is 0 Å². The van der Waals surface area contributed by atoms with Gasteiger partial charge in [-0.05, 0) is 67.1 Å². The maximum atomic E-state index is 12.4. The highest BCUT2D eigenvalue weighted by atomic mass is 35.5. The summed E-state index contributed by atoms with van der Waals surface area (Å²) < 4.78 is 0. The van der Waals surface area contributed by atoms with Gasteiger partial charge in [-0.3, -0.25) is 4.79 Å². The molecule has 1 aliphatic carbocycles. The molecule has 126 valence electrons. The highest BCUT2D eigenvalue weighted by Gasteiger charge is 2.16. The van der Waals surface area contributed by atoms with Gasteiger partial charge in [0, 0.05) is 27.2 Å². The Bertz CT molecular complexity index is 957. The molecule has 5 heteroatoms. The van der Waals surface area contributed by atoms with Gasteiger partial charge in [0.25, 0.3) is 5.91 Å². The molecule has 1 aliphatic rings. The molecule has 1 amide bonds. The topological polar surface area (TPSA) is 57.2 Å². The van der Waals surface area contributed by atoms with E-state index in [1.807, 2.05) is 30.3 Å². The zero-order valence-corrected chi connectivity index (χ0v) is 14.4. The molecule has 0 radical (unpaired) electrons. The first kappa shape index (κ1) is 15.9. The van der Waals surface area contributed by atoms with E-state index in [9.17, 15) is 4.79 Å². The number of aryl methyl sites for hydroxylation is 2. The van der Waals surface area contributed by atoms with Crippen LogP contribution < -0.4 is 5.43 Å². The van der Waals surface area contributed by atoms with E-state index in [4.69, 9.17) is 11.6 Å². The summed E-state index contributed by atoms with van der Waals surface area (Å²) in [6.07, 6.45) is 6.21. The SMILES string of the molecule is O=C(N/N=C\c1ccc(Cl)cc1)c1ccc2[nH]c3c(c2c1)CCCC3. The summed E-state index contributed by atoms with van der Waals surface area (Å²) in [6, 6.07) is 13.0. The van der Waals surface area contributed by atoms with Crippen LogP contribution >= 0.6 is 11.6 Å². The summed E-state index contributed by atoms with van der Waals surface area (Å²) in [4.78, 5) is 15.8. The number of nitrogens with zero attached hydrogens (tertiary/aromatic N) is 1. The van der Waals surface area contributed by atoms with Crippen molar-refractivity contribution >= 4 is 34.6 Å². The van der Waals surface area contributed by atoms with Gasteiger partial charge in [-0.1, -0.05) is 23.7 Å². The van der Waals surface area contributed by atoms with E-state index >= 15 is 0 Å². The Morgan fingerprint density at radius 2 is 1.92 bits per heavy atom. The van der Waals surface area contributed by atoms with Crippen LogP contribution in [0.2, 0.25) is 5.02 Å². The molecule has 0 atom stereocenters. The molecule has 3 aromatic rings. The summed E-state index contributed by atoms with van der Waals surface area (Å²) in [5, 5.41) is 5.85. The molecule has 0 aliphatic heterocycles. The van der Waals surface area contributed by atoms with Crippen molar-refractivity contribution in [3.63, 3.8) is 0 Å². The molecule has 2 N–H and O–H groups in total. The lowest BCUT2D eigenvalue weighted by Crippen LogP contribution is -2.17. The molecule has 0 spiro atoms. The zero-order valence-electron chi connectivity index (χ0n) is 13.7. The number of carbonyl (C=O) groups is 1. The van der Waals surface area contributed by atoms with E-state index in [2.05, 4.69) is 15.5 Å². The molecule has 0 unspecified atom stereocenters. The molecule has 1 aromatic heterocycles. The Morgan fingerprint density at radius 3 is 2.76 bits per heavy atom. The van der Waals surface area contributed by atoms with Crippen LogP contribution in [0.1, 0.15) is 40.0 Å². The number of fused-ring (bicyclic) bond motifs is 3. The predicted molar refractivity (Wildman–Crippen MR) is 101 cm³/mol. The van der Waals surface area contributed by atoms with Crippen molar-refractivity contribution in [1.82, 2.24) is 10.4 Å². The van der Waals surface area contributed by atoms with Gasteiger partial charge in [-0.25, -0.2) is 5.43 Å². The van der Waals surface area contributed by atoms with Crippen molar-refractivity contribution in [1.29, 1.82) is 0 Å². The van der Waals surface area contributed by atoms with Crippen LogP contribution in [0.4, 0.5) is 0 Å². The first-order valence-electron chi connectivity index (χ1n) is 8.43. The molecular weight excluding hydrogens is 334 g/mol. The lowest BCUT2D eigenvalue weighted by Gasteiger charge is -2.10. The number of hydrogen-bond donors (Lipinski definition) is 2. The highest BCUT2D eigenvalue weighted by Crippen LogP contribution is 2.29. The number of carbonyl (C=O) groups excluding carboxylic acids is 1. The van der Waals surface area contributed by atoms with E-state index in [0.29, 0.717) is 10.6 Å². The van der Waals surface area contributed by atoms with Crippen LogP contribution in [0.3, 0.4) is 0 Å². The number of aromatic nitrogens is 1. The van der Waals surface area contributed by atoms with Gasteiger partial charge in [0.1, 0.15) is 0 Å². The van der Waals surface area contributed by atoms with Gasteiger partial charge in [0.15, 0.2) is 0 Å². The molecule has 4 rings (SSSR count). The number of hydrazone groups is 1. The summed E-state index contributed by atoms with van der Waals surface area (Å²) in [7, 11) is 0. The lowest BCUT2D eigenvalue weighted by molar-refractivity contribution is 0.0955. The van der Waals surface area contributed by atoms with Gasteiger partial charge in [-0.2, -0.15) is 5.10 Å². The second-order valence-electron chi connectivity index (χ2n) is 6.30. The Labute approximate surface area is 150 Å². The van der Waals surface area contributed by atoms with E-state index in [1.165, 1.54) is 24.1 Å². The van der Waals surface area contributed by atoms with Crippen molar-refractivity contribution in [2.45, 2.75) is 25.7 Å². The second-order valence-corrected chi connectivity index (χ2v) is 6.74. The Hall–Kier alpha value is -2.59. The molecule has 25 heavy (non-hydrogen) atoms. The molecule has 0 saturated heterocycles. The quantitative estimate of drug-likeness (QED) is 0.531. The van der Waals surface area contributed by atoms with Crippen LogP contribution in [0.15, 0.2) is 47.6 Å². The minimum absolute atomic E-state index is 0.210. The average molecular weight is 352 g/mol. The number of benzene rings is 2. The van der Waals surface area contributed by atoms with Crippen LogP contribution in [0.25, 0.3) is 10.9 Å². The molecular formula is C20H18ClN3O. The number of amides is 1. The van der Waals surface area contributed by atoms with Crippen LogP contribution in [0.5, 0.6) is 0 Å². The van der Waals surface area contributed by atoms with E-state index < -0.39 is 0 Å². The fourth-order valence-electron chi connectivity index (χ4n) is 3.33. The Balaban J connectivity index is 1.52. The fraction of sp³-hybridized carbons (Fsp3) is 0.200. The smallest absolute Gasteiger partial charge is 0.271 e. The fourth-order valence-corrected chi connectivity index (χ4v) is 3.45. The second kappa shape index (κ2) is 6.73. The number of hydrogen-bond acceptors (Lipinski definition) is 2. The third-order valence-electron chi connectivity index (χ3n) is 4.61. The van der Waals surface area contributed by atoms with E-state index in [1.54, 1.807) is 18.3 Å². The molecule has 0 fully saturated rings. The molecule has 0 bridgehead atoms. The average Bonchev–Trinajstić information content (AvgIpc) is 3.01.